The van der Waals surface area contributed by atoms with E-state index in [1.54, 1.807) is 24.1 Å². The minimum Gasteiger partial charge on any atom is -0.494 e. The van der Waals surface area contributed by atoms with E-state index in [0.29, 0.717) is 33.5 Å². The second-order valence-electron chi connectivity index (χ2n) is 6.52. The summed E-state index contributed by atoms with van der Waals surface area (Å²) in [5.41, 5.74) is 1.36. The van der Waals surface area contributed by atoms with Crippen molar-refractivity contribution in [3.8, 4) is 5.75 Å². The molecule has 0 fully saturated rings. The first-order valence-corrected chi connectivity index (χ1v) is 11.0. The Hall–Kier alpha value is -1.13. The Labute approximate surface area is 199 Å². The summed E-state index contributed by atoms with van der Waals surface area (Å²) < 4.78 is 7.17. The van der Waals surface area contributed by atoms with Crippen LogP contribution in [-0.2, 0) is 0 Å². The minimum atomic E-state index is -0.0575. The van der Waals surface area contributed by atoms with Gasteiger partial charge in [0.15, 0.2) is 5.13 Å². The Morgan fingerprint density at radius 2 is 1.93 bits per heavy atom. The van der Waals surface area contributed by atoms with Crippen LogP contribution in [-0.4, -0.2) is 50.1 Å². The number of hydrogen-bond acceptors (Lipinski definition) is 5. The summed E-state index contributed by atoms with van der Waals surface area (Å²) in [6.07, 6.45) is 0.836. The molecule has 1 heterocycles. The van der Waals surface area contributed by atoms with Crippen molar-refractivity contribution in [2.24, 2.45) is 0 Å². The maximum Gasteiger partial charge on any atom is 0.261 e. The van der Waals surface area contributed by atoms with Crippen LogP contribution in [0, 0.1) is 3.57 Å². The molecule has 5 nitrogen and oxygen atoms in total. The van der Waals surface area contributed by atoms with Gasteiger partial charge in [0.2, 0.25) is 0 Å². The molecule has 0 aliphatic carbocycles. The number of anilines is 1. The van der Waals surface area contributed by atoms with E-state index >= 15 is 0 Å². The molecule has 0 aliphatic heterocycles. The van der Waals surface area contributed by atoms with Crippen LogP contribution in [0.2, 0.25) is 5.02 Å². The summed E-state index contributed by atoms with van der Waals surface area (Å²) in [5.74, 6) is 0.592. The lowest BCUT2D eigenvalue weighted by Crippen LogP contribution is -2.33. The predicted octanol–water partition coefficient (Wildman–Crippen LogP) is 5.58. The van der Waals surface area contributed by atoms with Crippen molar-refractivity contribution in [3.05, 3.63) is 50.6 Å². The molecule has 0 atom stereocenters. The van der Waals surface area contributed by atoms with Crippen LogP contribution in [0.4, 0.5) is 5.13 Å². The van der Waals surface area contributed by atoms with Gasteiger partial charge in [0.05, 0.1) is 22.4 Å². The molecule has 156 valence electrons. The summed E-state index contributed by atoms with van der Waals surface area (Å²) >= 11 is 9.98. The number of aromatic nitrogens is 1. The molecule has 0 bridgehead atoms. The lowest BCUT2D eigenvalue weighted by Gasteiger charge is -2.21. The van der Waals surface area contributed by atoms with Gasteiger partial charge in [-0.2, -0.15) is 0 Å². The highest BCUT2D eigenvalue weighted by atomic mass is 127. The number of ether oxygens (including phenoxy) is 1. The number of fused-ring (bicyclic) bond motifs is 1. The highest BCUT2D eigenvalue weighted by Gasteiger charge is 2.24. The molecule has 0 radical (unpaired) electrons. The number of carbonyl (C=O) groups excluding carboxylic acids is 1. The molecule has 29 heavy (non-hydrogen) atoms. The normalized spacial score (nSPS) is 10.8. The van der Waals surface area contributed by atoms with Crippen molar-refractivity contribution in [1.82, 2.24) is 9.88 Å². The number of halogens is 3. The minimum absolute atomic E-state index is 0. The predicted molar refractivity (Wildman–Crippen MR) is 132 cm³/mol. The second kappa shape index (κ2) is 10.8. The summed E-state index contributed by atoms with van der Waals surface area (Å²) in [6, 6.07) is 11.2. The molecule has 2 aromatic carbocycles. The molecule has 3 rings (SSSR count). The van der Waals surface area contributed by atoms with E-state index < -0.39 is 0 Å². The van der Waals surface area contributed by atoms with E-state index in [2.05, 4.69) is 27.5 Å². The van der Waals surface area contributed by atoms with Crippen LogP contribution < -0.4 is 9.64 Å². The zero-order valence-electron chi connectivity index (χ0n) is 16.3. The summed E-state index contributed by atoms with van der Waals surface area (Å²) in [6.45, 7) is 1.45. The largest absolute Gasteiger partial charge is 0.494 e. The lowest BCUT2D eigenvalue weighted by molar-refractivity contribution is 0.0985. The van der Waals surface area contributed by atoms with Crippen LogP contribution in [0.1, 0.15) is 16.8 Å². The molecule has 9 heteroatoms. The highest BCUT2D eigenvalue weighted by molar-refractivity contribution is 14.1. The van der Waals surface area contributed by atoms with Crippen molar-refractivity contribution in [2.45, 2.75) is 6.42 Å². The quantitative estimate of drug-likeness (QED) is 0.351. The van der Waals surface area contributed by atoms with Gasteiger partial charge in [-0.05, 0) is 73.9 Å². The van der Waals surface area contributed by atoms with Gasteiger partial charge in [-0.25, -0.2) is 4.98 Å². The SMILES string of the molecule is COc1ccc(Cl)c2sc(N(CCCN(C)C)C(=O)c3ccccc3I)nc12.Cl. The third-order valence-electron chi connectivity index (χ3n) is 4.23. The van der Waals surface area contributed by atoms with E-state index in [9.17, 15) is 4.79 Å². The standard InChI is InChI=1S/C20H21ClIN3O2S.ClH/c1-24(2)11-6-12-25(19(26)13-7-4-5-8-15(13)22)20-23-17-16(27-3)10-9-14(21)18(17)28-20;/h4-5,7-10H,6,11-12H2,1-3H3;1H. The van der Waals surface area contributed by atoms with Gasteiger partial charge in [0, 0.05) is 10.1 Å². The average Bonchev–Trinajstić information content (AvgIpc) is 3.11. The van der Waals surface area contributed by atoms with Crippen molar-refractivity contribution in [1.29, 1.82) is 0 Å². The Morgan fingerprint density at radius 3 is 2.59 bits per heavy atom. The molecule has 0 N–H and O–H groups in total. The summed E-state index contributed by atoms with van der Waals surface area (Å²) in [7, 11) is 5.65. The van der Waals surface area contributed by atoms with Gasteiger partial charge in [0.1, 0.15) is 11.3 Å². The van der Waals surface area contributed by atoms with Crippen molar-refractivity contribution in [2.75, 3.05) is 39.2 Å². The summed E-state index contributed by atoms with van der Waals surface area (Å²) in [5, 5.41) is 1.24. The van der Waals surface area contributed by atoms with E-state index in [4.69, 9.17) is 21.3 Å². The lowest BCUT2D eigenvalue weighted by atomic mass is 10.2. The molecule has 0 saturated heterocycles. The monoisotopic (exact) mass is 565 g/mol. The van der Waals surface area contributed by atoms with Crippen LogP contribution in [0.15, 0.2) is 36.4 Å². The fourth-order valence-corrected chi connectivity index (χ4v) is 4.73. The van der Waals surface area contributed by atoms with Gasteiger partial charge in [-0.1, -0.05) is 35.1 Å². The van der Waals surface area contributed by atoms with E-state index in [1.807, 2.05) is 38.4 Å². The summed E-state index contributed by atoms with van der Waals surface area (Å²) in [4.78, 5) is 21.9. The zero-order chi connectivity index (χ0) is 20.3. The molecule has 0 spiro atoms. The number of rotatable bonds is 7. The number of thiazole rings is 1. The Balaban J connectivity index is 0.00000300. The third-order valence-corrected chi connectivity index (χ3v) is 6.71. The van der Waals surface area contributed by atoms with Crippen LogP contribution in [0.25, 0.3) is 10.2 Å². The van der Waals surface area contributed by atoms with E-state index in [0.717, 1.165) is 21.2 Å². The molecule has 3 aromatic rings. The molecular formula is C20H22Cl2IN3O2S. The van der Waals surface area contributed by atoms with Gasteiger partial charge in [-0.3, -0.25) is 9.69 Å². The van der Waals surface area contributed by atoms with Crippen LogP contribution >= 0.6 is 57.9 Å². The van der Waals surface area contributed by atoms with Crippen LogP contribution in [0.5, 0.6) is 5.75 Å². The topological polar surface area (TPSA) is 45.7 Å². The van der Waals surface area contributed by atoms with Gasteiger partial charge in [0.25, 0.3) is 5.91 Å². The maximum atomic E-state index is 13.4. The molecule has 1 aromatic heterocycles. The molecule has 0 aliphatic rings. The first-order chi connectivity index (χ1) is 13.4. The number of carbonyl (C=O) groups is 1. The molecule has 1 amide bonds. The average molecular weight is 566 g/mol. The highest BCUT2D eigenvalue weighted by Crippen LogP contribution is 2.39. The molecule has 0 saturated carbocycles. The zero-order valence-corrected chi connectivity index (χ0v) is 20.9. The first kappa shape index (κ1) is 24.1. The third kappa shape index (κ3) is 5.52. The van der Waals surface area contributed by atoms with Crippen molar-refractivity contribution < 1.29 is 9.53 Å². The molecule has 0 unspecified atom stereocenters. The fourth-order valence-electron chi connectivity index (χ4n) is 2.83. The van der Waals surface area contributed by atoms with Gasteiger partial charge >= 0.3 is 0 Å². The van der Waals surface area contributed by atoms with Gasteiger partial charge in [-0.15, -0.1) is 12.4 Å². The Kier molecular flexibility index (Phi) is 8.96. The fraction of sp³-hybridized carbons (Fsp3) is 0.300. The maximum absolute atomic E-state index is 13.4. The Morgan fingerprint density at radius 1 is 1.21 bits per heavy atom. The number of methoxy groups -OCH3 is 1. The van der Waals surface area contributed by atoms with Crippen molar-refractivity contribution in [3.63, 3.8) is 0 Å². The second-order valence-corrected chi connectivity index (χ2v) is 9.06. The number of amides is 1. The Bertz CT molecular complexity index is 997. The number of nitrogens with zero attached hydrogens (tertiary/aromatic N) is 3. The first-order valence-electron chi connectivity index (χ1n) is 8.76. The van der Waals surface area contributed by atoms with Crippen LogP contribution in [0.3, 0.4) is 0 Å². The van der Waals surface area contributed by atoms with Gasteiger partial charge < -0.3 is 9.64 Å². The van der Waals surface area contributed by atoms with E-state index in [-0.39, 0.29) is 18.3 Å². The molecular weight excluding hydrogens is 544 g/mol. The number of hydrogen-bond donors (Lipinski definition) is 0. The smallest absolute Gasteiger partial charge is 0.261 e. The number of benzene rings is 2. The van der Waals surface area contributed by atoms with E-state index in [1.165, 1.54) is 11.3 Å². The van der Waals surface area contributed by atoms with Crippen molar-refractivity contribution >= 4 is 79.2 Å².